The standard InChI is InChI=1S/C16H16ClN/c1-11-9-12(2)15(13(3)10-11)16(17)18-14-7-5-4-6-8-14/h4-10H,1-3H3. The molecule has 0 saturated carbocycles. The summed E-state index contributed by atoms with van der Waals surface area (Å²) in [5, 5.41) is 0.552. The molecule has 0 aromatic heterocycles. The van der Waals surface area contributed by atoms with E-state index in [9.17, 15) is 0 Å². The molecule has 92 valence electrons. The van der Waals surface area contributed by atoms with Crippen molar-refractivity contribution in [2.45, 2.75) is 20.8 Å². The molecule has 0 heterocycles. The second-order valence-electron chi connectivity index (χ2n) is 4.51. The zero-order valence-electron chi connectivity index (χ0n) is 10.9. The van der Waals surface area contributed by atoms with Gasteiger partial charge in [-0.25, -0.2) is 4.99 Å². The maximum absolute atomic E-state index is 6.35. The lowest BCUT2D eigenvalue weighted by Gasteiger charge is -2.09. The SMILES string of the molecule is Cc1cc(C)c(C(Cl)=Nc2ccccc2)c(C)c1. The summed E-state index contributed by atoms with van der Waals surface area (Å²) in [7, 11) is 0. The molecule has 0 saturated heterocycles. The van der Waals surface area contributed by atoms with Crippen LogP contribution in [-0.4, -0.2) is 5.17 Å². The van der Waals surface area contributed by atoms with E-state index in [1.165, 1.54) is 5.56 Å². The minimum atomic E-state index is 0.552. The van der Waals surface area contributed by atoms with Crippen LogP contribution >= 0.6 is 11.6 Å². The first-order valence-electron chi connectivity index (χ1n) is 5.95. The monoisotopic (exact) mass is 257 g/mol. The quantitative estimate of drug-likeness (QED) is 0.677. The van der Waals surface area contributed by atoms with Crippen LogP contribution in [0.5, 0.6) is 0 Å². The van der Waals surface area contributed by atoms with E-state index in [1.54, 1.807) is 0 Å². The Labute approximate surface area is 113 Å². The van der Waals surface area contributed by atoms with Crippen molar-refractivity contribution < 1.29 is 0 Å². The van der Waals surface area contributed by atoms with Gasteiger partial charge < -0.3 is 0 Å². The smallest absolute Gasteiger partial charge is 0.137 e. The minimum absolute atomic E-state index is 0.552. The van der Waals surface area contributed by atoms with Crippen molar-refractivity contribution in [1.82, 2.24) is 0 Å². The van der Waals surface area contributed by atoms with Crippen LogP contribution < -0.4 is 0 Å². The van der Waals surface area contributed by atoms with Crippen LogP contribution in [0.15, 0.2) is 47.5 Å². The number of para-hydroxylation sites is 1. The van der Waals surface area contributed by atoms with Gasteiger partial charge >= 0.3 is 0 Å². The molecule has 0 spiro atoms. The van der Waals surface area contributed by atoms with Crippen LogP contribution in [-0.2, 0) is 0 Å². The van der Waals surface area contributed by atoms with E-state index in [-0.39, 0.29) is 0 Å². The van der Waals surface area contributed by atoms with Gasteiger partial charge in [0.2, 0.25) is 0 Å². The third kappa shape index (κ3) is 2.80. The normalized spacial score (nSPS) is 11.7. The molecule has 18 heavy (non-hydrogen) atoms. The van der Waals surface area contributed by atoms with Crippen LogP contribution in [0.2, 0.25) is 0 Å². The van der Waals surface area contributed by atoms with Gasteiger partial charge in [0.1, 0.15) is 5.17 Å². The first kappa shape index (κ1) is 12.8. The number of nitrogens with zero attached hydrogens (tertiary/aromatic N) is 1. The van der Waals surface area contributed by atoms with Crippen LogP contribution in [0.1, 0.15) is 22.3 Å². The van der Waals surface area contributed by atoms with Gasteiger partial charge in [0.05, 0.1) is 5.69 Å². The number of aliphatic imine (C=N–C) groups is 1. The molecule has 0 aliphatic heterocycles. The molecule has 2 aromatic rings. The predicted molar refractivity (Wildman–Crippen MR) is 79.1 cm³/mol. The highest BCUT2D eigenvalue weighted by molar-refractivity contribution is 6.70. The maximum Gasteiger partial charge on any atom is 0.137 e. The molecule has 0 bridgehead atoms. The van der Waals surface area contributed by atoms with Crippen molar-refractivity contribution in [3.8, 4) is 0 Å². The first-order valence-corrected chi connectivity index (χ1v) is 6.33. The van der Waals surface area contributed by atoms with Crippen molar-refractivity contribution in [3.63, 3.8) is 0 Å². The summed E-state index contributed by atoms with van der Waals surface area (Å²) in [4.78, 5) is 4.46. The van der Waals surface area contributed by atoms with Gasteiger partial charge in [-0.05, 0) is 44.0 Å². The Hall–Kier alpha value is -1.60. The van der Waals surface area contributed by atoms with Crippen molar-refractivity contribution in [1.29, 1.82) is 0 Å². The number of hydrogen-bond donors (Lipinski definition) is 0. The molecule has 0 unspecified atom stereocenters. The number of rotatable bonds is 2. The maximum atomic E-state index is 6.35. The van der Waals surface area contributed by atoms with Gasteiger partial charge in [0.25, 0.3) is 0 Å². The summed E-state index contributed by atoms with van der Waals surface area (Å²) < 4.78 is 0. The fourth-order valence-corrected chi connectivity index (χ4v) is 2.57. The van der Waals surface area contributed by atoms with E-state index >= 15 is 0 Å². The van der Waals surface area contributed by atoms with Gasteiger partial charge in [-0.15, -0.1) is 0 Å². The molecule has 0 N–H and O–H groups in total. The lowest BCUT2D eigenvalue weighted by Crippen LogP contribution is -1.99. The highest BCUT2D eigenvalue weighted by Crippen LogP contribution is 2.22. The highest BCUT2D eigenvalue weighted by Gasteiger charge is 2.08. The second kappa shape index (κ2) is 5.36. The Morgan fingerprint density at radius 3 is 2.06 bits per heavy atom. The Morgan fingerprint density at radius 1 is 0.944 bits per heavy atom. The fraction of sp³-hybridized carbons (Fsp3) is 0.188. The third-order valence-electron chi connectivity index (χ3n) is 2.87. The summed E-state index contributed by atoms with van der Waals surface area (Å²) >= 11 is 6.35. The Morgan fingerprint density at radius 2 is 1.50 bits per heavy atom. The average molecular weight is 258 g/mol. The highest BCUT2D eigenvalue weighted by atomic mass is 35.5. The van der Waals surface area contributed by atoms with Gasteiger partial charge in [-0.1, -0.05) is 47.5 Å². The molecule has 2 heteroatoms. The summed E-state index contributed by atoms with van der Waals surface area (Å²) in [5.41, 5.74) is 5.49. The van der Waals surface area contributed by atoms with Gasteiger partial charge in [-0.2, -0.15) is 0 Å². The molecule has 0 aliphatic rings. The van der Waals surface area contributed by atoms with Crippen LogP contribution in [0.25, 0.3) is 0 Å². The second-order valence-corrected chi connectivity index (χ2v) is 4.87. The van der Waals surface area contributed by atoms with Crippen molar-refractivity contribution in [2.24, 2.45) is 4.99 Å². The van der Waals surface area contributed by atoms with Crippen molar-refractivity contribution in [3.05, 3.63) is 64.7 Å². The number of aryl methyl sites for hydroxylation is 3. The van der Waals surface area contributed by atoms with Gasteiger partial charge in [0, 0.05) is 5.56 Å². The third-order valence-corrected chi connectivity index (χ3v) is 3.14. The molecule has 2 rings (SSSR count). The summed E-state index contributed by atoms with van der Waals surface area (Å²) in [5.74, 6) is 0. The van der Waals surface area contributed by atoms with Crippen molar-refractivity contribution >= 4 is 22.5 Å². The van der Waals surface area contributed by atoms with Crippen LogP contribution in [0.3, 0.4) is 0 Å². The number of hydrogen-bond acceptors (Lipinski definition) is 1. The first-order chi connectivity index (χ1) is 8.58. The van der Waals surface area contributed by atoms with E-state index in [0.29, 0.717) is 5.17 Å². The topological polar surface area (TPSA) is 12.4 Å². The van der Waals surface area contributed by atoms with E-state index < -0.39 is 0 Å². The molecule has 1 nitrogen and oxygen atoms in total. The molecular weight excluding hydrogens is 242 g/mol. The van der Waals surface area contributed by atoms with Gasteiger partial charge in [-0.3, -0.25) is 0 Å². The lowest BCUT2D eigenvalue weighted by molar-refractivity contribution is 1.30. The largest absolute Gasteiger partial charge is 0.236 e. The molecule has 2 aromatic carbocycles. The van der Waals surface area contributed by atoms with E-state index in [1.807, 2.05) is 30.3 Å². The van der Waals surface area contributed by atoms with Gasteiger partial charge in [0.15, 0.2) is 0 Å². The Kier molecular flexibility index (Phi) is 3.83. The molecule has 0 radical (unpaired) electrons. The van der Waals surface area contributed by atoms with E-state index in [2.05, 4.69) is 37.9 Å². The lowest BCUT2D eigenvalue weighted by atomic mass is 10.0. The van der Waals surface area contributed by atoms with E-state index in [4.69, 9.17) is 11.6 Å². The summed E-state index contributed by atoms with van der Waals surface area (Å²) in [6, 6.07) is 14.0. The molecule has 0 amide bonds. The van der Waals surface area contributed by atoms with E-state index in [0.717, 1.165) is 22.4 Å². The zero-order valence-corrected chi connectivity index (χ0v) is 11.6. The minimum Gasteiger partial charge on any atom is -0.236 e. The number of benzene rings is 2. The fourth-order valence-electron chi connectivity index (χ4n) is 2.18. The molecule has 0 fully saturated rings. The van der Waals surface area contributed by atoms with Crippen LogP contribution in [0.4, 0.5) is 5.69 Å². The molecule has 0 atom stereocenters. The average Bonchev–Trinajstić information content (AvgIpc) is 2.28. The molecular formula is C16H16ClN. The van der Waals surface area contributed by atoms with Crippen LogP contribution in [0, 0.1) is 20.8 Å². The summed E-state index contributed by atoms with van der Waals surface area (Å²) in [6.07, 6.45) is 0. The zero-order chi connectivity index (χ0) is 13.1. The molecule has 0 aliphatic carbocycles. The predicted octanol–water partition coefficient (Wildman–Crippen LogP) is 4.93. The Bertz CT molecular complexity index is 562. The summed E-state index contributed by atoms with van der Waals surface area (Å²) in [6.45, 7) is 6.22. The number of halogens is 1. The Balaban J connectivity index is 2.47. The van der Waals surface area contributed by atoms with Crippen molar-refractivity contribution in [2.75, 3.05) is 0 Å².